The van der Waals surface area contributed by atoms with Crippen LogP contribution >= 0.6 is 0 Å². The maximum atomic E-state index is 11.4. The first-order valence-corrected chi connectivity index (χ1v) is 5.69. The zero-order valence-corrected chi connectivity index (χ0v) is 9.96. The zero-order valence-electron chi connectivity index (χ0n) is 9.96. The second-order valence-electron chi connectivity index (χ2n) is 4.44. The van der Waals surface area contributed by atoms with Gasteiger partial charge in [0.25, 0.3) is 0 Å². The highest BCUT2D eigenvalue weighted by molar-refractivity contribution is 5.76. The SMILES string of the molecule is CCC(C)(C(=O)O)n1nnnc1C1CCOC1. The lowest BCUT2D eigenvalue weighted by atomic mass is 9.98. The number of carboxylic acid groups (broad SMARTS) is 1. The smallest absolute Gasteiger partial charge is 0.331 e. The van der Waals surface area contributed by atoms with Crippen LogP contribution in [0.5, 0.6) is 0 Å². The molecule has 7 nitrogen and oxygen atoms in total. The van der Waals surface area contributed by atoms with Gasteiger partial charge in [0.2, 0.25) is 0 Å². The number of carbonyl (C=O) groups is 1. The van der Waals surface area contributed by atoms with Gasteiger partial charge in [-0.25, -0.2) is 9.48 Å². The molecule has 2 heterocycles. The van der Waals surface area contributed by atoms with E-state index >= 15 is 0 Å². The standard InChI is InChI=1S/C10H16N4O3/c1-3-10(2,9(15)16)14-8(11-12-13-14)7-4-5-17-6-7/h7H,3-6H2,1-2H3,(H,15,16). The molecule has 0 aromatic carbocycles. The molecule has 0 saturated carbocycles. The minimum atomic E-state index is -1.10. The summed E-state index contributed by atoms with van der Waals surface area (Å²) in [4.78, 5) is 11.4. The second-order valence-corrected chi connectivity index (χ2v) is 4.44. The first kappa shape index (κ1) is 12.0. The van der Waals surface area contributed by atoms with E-state index in [0.29, 0.717) is 25.5 Å². The minimum Gasteiger partial charge on any atom is -0.479 e. The van der Waals surface area contributed by atoms with Gasteiger partial charge in [0.05, 0.1) is 6.61 Å². The molecule has 1 N–H and O–H groups in total. The summed E-state index contributed by atoms with van der Waals surface area (Å²) < 4.78 is 6.71. The van der Waals surface area contributed by atoms with Crippen molar-refractivity contribution in [1.82, 2.24) is 20.2 Å². The molecule has 2 rings (SSSR count). The zero-order chi connectivity index (χ0) is 12.5. The van der Waals surface area contributed by atoms with E-state index in [0.717, 1.165) is 6.42 Å². The Morgan fingerprint density at radius 3 is 3.00 bits per heavy atom. The number of ether oxygens (including phenoxy) is 1. The fourth-order valence-electron chi connectivity index (χ4n) is 1.93. The van der Waals surface area contributed by atoms with E-state index in [-0.39, 0.29) is 5.92 Å². The Hall–Kier alpha value is -1.50. The first-order valence-electron chi connectivity index (χ1n) is 5.69. The molecule has 1 saturated heterocycles. The predicted octanol–water partition coefficient (Wildman–Crippen LogP) is 0.387. The van der Waals surface area contributed by atoms with Gasteiger partial charge < -0.3 is 9.84 Å². The molecule has 1 aromatic rings. The average molecular weight is 240 g/mol. The van der Waals surface area contributed by atoms with Crippen molar-refractivity contribution < 1.29 is 14.6 Å². The molecule has 0 spiro atoms. The third kappa shape index (κ3) is 1.90. The number of aromatic nitrogens is 4. The third-order valence-corrected chi connectivity index (χ3v) is 3.41. The number of aliphatic carboxylic acids is 1. The summed E-state index contributed by atoms with van der Waals surface area (Å²) in [6.07, 6.45) is 1.26. The van der Waals surface area contributed by atoms with Crippen LogP contribution in [0.4, 0.5) is 0 Å². The van der Waals surface area contributed by atoms with Crippen LogP contribution in [0.15, 0.2) is 0 Å². The molecule has 0 aliphatic carbocycles. The van der Waals surface area contributed by atoms with Crippen molar-refractivity contribution in [1.29, 1.82) is 0 Å². The molecule has 2 unspecified atom stereocenters. The lowest BCUT2D eigenvalue weighted by molar-refractivity contribution is -0.147. The van der Waals surface area contributed by atoms with Crippen LogP contribution in [0.2, 0.25) is 0 Å². The van der Waals surface area contributed by atoms with Gasteiger partial charge in [-0.2, -0.15) is 0 Å². The Kier molecular flexibility index (Phi) is 3.10. The highest BCUT2D eigenvalue weighted by Gasteiger charge is 2.39. The summed E-state index contributed by atoms with van der Waals surface area (Å²) in [6, 6.07) is 0. The fourth-order valence-corrected chi connectivity index (χ4v) is 1.93. The van der Waals surface area contributed by atoms with E-state index in [4.69, 9.17) is 4.74 Å². The van der Waals surface area contributed by atoms with Gasteiger partial charge in [-0.3, -0.25) is 0 Å². The molecule has 7 heteroatoms. The molecule has 94 valence electrons. The van der Waals surface area contributed by atoms with Crippen molar-refractivity contribution in [2.24, 2.45) is 0 Å². The van der Waals surface area contributed by atoms with Crippen LogP contribution in [0.1, 0.15) is 38.4 Å². The van der Waals surface area contributed by atoms with E-state index in [1.807, 2.05) is 6.92 Å². The van der Waals surface area contributed by atoms with E-state index in [1.54, 1.807) is 6.92 Å². The van der Waals surface area contributed by atoms with Crippen molar-refractivity contribution in [2.45, 2.75) is 38.1 Å². The number of carboxylic acids is 1. The molecule has 0 radical (unpaired) electrons. The molecule has 1 fully saturated rings. The highest BCUT2D eigenvalue weighted by Crippen LogP contribution is 2.28. The summed E-state index contributed by atoms with van der Waals surface area (Å²) in [6.45, 7) is 4.67. The van der Waals surface area contributed by atoms with Crippen LogP contribution in [0.25, 0.3) is 0 Å². The number of nitrogens with zero attached hydrogens (tertiary/aromatic N) is 4. The monoisotopic (exact) mass is 240 g/mol. The quantitative estimate of drug-likeness (QED) is 0.818. The minimum absolute atomic E-state index is 0.0928. The summed E-state index contributed by atoms with van der Waals surface area (Å²) in [7, 11) is 0. The fraction of sp³-hybridized carbons (Fsp3) is 0.800. The summed E-state index contributed by atoms with van der Waals surface area (Å²) in [5.41, 5.74) is -1.10. The molecule has 1 aliphatic rings. The number of hydrogen-bond donors (Lipinski definition) is 1. The Balaban J connectivity index is 2.38. The van der Waals surface area contributed by atoms with Gasteiger partial charge in [0.1, 0.15) is 0 Å². The van der Waals surface area contributed by atoms with Gasteiger partial charge in [0, 0.05) is 12.5 Å². The number of rotatable bonds is 4. The normalized spacial score (nSPS) is 23.5. The highest BCUT2D eigenvalue weighted by atomic mass is 16.5. The summed E-state index contributed by atoms with van der Waals surface area (Å²) in [5, 5.41) is 20.7. The molecule has 17 heavy (non-hydrogen) atoms. The topological polar surface area (TPSA) is 90.1 Å². The largest absolute Gasteiger partial charge is 0.479 e. The van der Waals surface area contributed by atoms with Crippen LogP contribution < -0.4 is 0 Å². The first-order chi connectivity index (χ1) is 8.09. The lowest BCUT2D eigenvalue weighted by Gasteiger charge is -2.25. The van der Waals surface area contributed by atoms with Gasteiger partial charge in [0.15, 0.2) is 11.4 Å². The Morgan fingerprint density at radius 2 is 2.47 bits per heavy atom. The summed E-state index contributed by atoms with van der Waals surface area (Å²) in [5.74, 6) is -0.225. The molecule has 0 bridgehead atoms. The van der Waals surface area contributed by atoms with Crippen molar-refractivity contribution >= 4 is 5.97 Å². The van der Waals surface area contributed by atoms with Crippen LogP contribution in [-0.4, -0.2) is 44.5 Å². The molecule has 2 atom stereocenters. The van der Waals surface area contributed by atoms with E-state index < -0.39 is 11.5 Å². The number of tetrazole rings is 1. The van der Waals surface area contributed by atoms with Crippen LogP contribution in [0.3, 0.4) is 0 Å². The molecular formula is C10H16N4O3. The molecular weight excluding hydrogens is 224 g/mol. The van der Waals surface area contributed by atoms with Gasteiger partial charge >= 0.3 is 5.97 Å². The Bertz CT molecular complexity index is 413. The molecule has 0 amide bonds. The van der Waals surface area contributed by atoms with Crippen molar-refractivity contribution in [3.8, 4) is 0 Å². The Morgan fingerprint density at radius 1 is 1.71 bits per heavy atom. The van der Waals surface area contributed by atoms with E-state index in [9.17, 15) is 9.90 Å². The average Bonchev–Trinajstić information content (AvgIpc) is 2.97. The lowest BCUT2D eigenvalue weighted by Crippen LogP contribution is -2.40. The second kappa shape index (κ2) is 4.40. The number of hydrogen-bond acceptors (Lipinski definition) is 5. The van der Waals surface area contributed by atoms with Crippen molar-refractivity contribution in [2.75, 3.05) is 13.2 Å². The van der Waals surface area contributed by atoms with Gasteiger partial charge in [-0.15, -0.1) is 5.10 Å². The maximum Gasteiger partial charge on any atom is 0.331 e. The van der Waals surface area contributed by atoms with Crippen LogP contribution in [0, 0.1) is 0 Å². The van der Waals surface area contributed by atoms with E-state index in [2.05, 4.69) is 15.5 Å². The predicted molar refractivity (Wildman–Crippen MR) is 57.6 cm³/mol. The Labute approximate surface area is 98.8 Å². The van der Waals surface area contributed by atoms with Crippen molar-refractivity contribution in [3.63, 3.8) is 0 Å². The van der Waals surface area contributed by atoms with Crippen LogP contribution in [-0.2, 0) is 15.1 Å². The van der Waals surface area contributed by atoms with E-state index in [1.165, 1.54) is 4.68 Å². The third-order valence-electron chi connectivity index (χ3n) is 3.41. The van der Waals surface area contributed by atoms with Gasteiger partial charge in [-0.05, 0) is 30.2 Å². The molecule has 1 aliphatic heterocycles. The maximum absolute atomic E-state index is 11.4. The molecule has 1 aromatic heterocycles. The van der Waals surface area contributed by atoms with Crippen molar-refractivity contribution in [3.05, 3.63) is 5.82 Å². The van der Waals surface area contributed by atoms with Gasteiger partial charge in [-0.1, -0.05) is 6.92 Å². The summed E-state index contributed by atoms with van der Waals surface area (Å²) >= 11 is 0.